The second-order valence-corrected chi connectivity index (χ2v) is 10.0. The van der Waals surface area contributed by atoms with Crippen molar-refractivity contribution >= 4 is 38.5 Å². The Bertz CT molecular complexity index is 871. The first-order valence-corrected chi connectivity index (χ1v) is 11.6. The summed E-state index contributed by atoms with van der Waals surface area (Å²) in [5.41, 5.74) is 1.88. The molecule has 0 radical (unpaired) electrons. The van der Waals surface area contributed by atoms with E-state index in [-0.39, 0.29) is 17.7 Å². The molecule has 2 aliphatic heterocycles. The molecule has 1 atom stereocenters. The molecule has 2 fully saturated rings. The molecule has 2 saturated heterocycles. The van der Waals surface area contributed by atoms with Crippen LogP contribution in [-0.2, 0) is 14.6 Å². The molecule has 2 aliphatic rings. The first kappa shape index (κ1) is 17.8. The third-order valence-electron chi connectivity index (χ3n) is 5.09. The van der Waals surface area contributed by atoms with Gasteiger partial charge in [0, 0.05) is 32.2 Å². The van der Waals surface area contributed by atoms with Crippen molar-refractivity contribution in [1.82, 2.24) is 19.8 Å². The number of amides is 1. The molecule has 1 N–H and O–H groups in total. The fourth-order valence-electron chi connectivity index (χ4n) is 3.62. The predicted octanol–water partition coefficient (Wildman–Crippen LogP) is 0.986. The van der Waals surface area contributed by atoms with Crippen molar-refractivity contribution in [2.24, 2.45) is 0 Å². The lowest BCUT2D eigenvalue weighted by molar-refractivity contribution is -0.130. The molecule has 0 aliphatic carbocycles. The molecule has 0 bridgehead atoms. The number of aromatic nitrogens is 2. The van der Waals surface area contributed by atoms with E-state index in [1.807, 2.05) is 29.2 Å². The molecular weight excluding hydrogens is 372 g/mol. The summed E-state index contributed by atoms with van der Waals surface area (Å²) in [6, 6.07) is 7.94. The second kappa shape index (κ2) is 7.21. The van der Waals surface area contributed by atoms with Crippen LogP contribution >= 0.6 is 11.8 Å². The zero-order valence-corrected chi connectivity index (χ0v) is 16.1. The molecule has 0 saturated carbocycles. The first-order chi connectivity index (χ1) is 12.5. The molecular formula is C17H22N4O3S2. The molecule has 1 amide bonds. The number of fused-ring (bicyclic) bond motifs is 1. The number of hydrogen-bond donors (Lipinski definition) is 1. The monoisotopic (exact) mass is 394 g/mol. The fourth-order valence-corrected chi connectivity index (χ4v) is 6.17. The van der Waals surface area contributed by atoms with Crippen LogP contribution in [0.2, 0.25) is 0 Å². The van der Waals surface area contributed by atoms with E-state index in [1.54, 1.807) is 0 Å². The van der Waals surface area contributed by atoms with Crippen LogP contribution in [0.15, 0.2) is 29.4 Å². The van der Waals surface area contributed by atoms with Gasteiger partial charge in [0.05, 0.1) is 28.3 Å². The molecule has 4 rings (SSSR count). The average Bonchev–Trinajstić information content (AvgIpc) is 3.22. The van der Waals surface area contributed by atoms with Crippen LogP contribution in [0.25, 0.3) is 11.0 Å². The highest BCUT2D eigenvalue weighted by molar-refractivity contribution is 7.99. The molecule has 7 nitrogen and oxygen atoms in total. The van der Waals surface area contributed by atoms with Gasteiger partial charge < -0.3 is 9.88 Å². The topological polar surface area (TPSA) is 86.4 Å². The van der Waals surface area contributed by atoms with Crippen molar-refractivity contribution in [3.05, 3.63) is 24.3 Å². The number of nitrogens with zero attached hydrogens (tertiary/aromatic N) is 3. The number of aromatic amines is 1. The summed E-state index contributed by atoms with van der Waals surface area (Å²) in [5.74, 6) is 1.03. The van der Waals surface area contributed by atoms with E-state index in [0.717, 1.165) is 35.7 Å². The van der Waals surface area contributed by atoms with Crippen molar-refractivity contribution in [3.63, 3.8) is 0 Å². The summed E-state index contributed by atoms with van der Waals surface area (Å²) < 4.78 is 23.3. The Balaban J connectivity index is 1.27. The van der Waals surface area contributed by atoms with Crippen LogP contribution < -0.4 is 0 Å². The number of benzene rings is 1. The largest absolute Gasteiger partial charge is 0.339 e. The molecule has 2 aromatic rings. The Morgan fingerprint density at radius 2 is 2.00 bits per heavy atom. The van der Waals surface area contributed by atoms with Crippen LogP contribution in [0, 0.1) is 0 Å². The quantitative estimate of drug-likeness (QED) is 0.778. The normalized spacial score (nSPS) is 23.5. The number of H-pyrrole nitrogens is 1. The maximum Gasteiger partial charge on any atom is 0.233 e. The summed E-state index contributed by atoms with van der Waals surface area (Å²) >= 11 is 1.42. The molecule has 26 heavy (non-hydrogen) atoms. The Hall–Kier alpha value is -1.58. The predicted molar refractivity (Wildman–Crippen MR) is 102 cm³/mol. The van der Waals surface area contributed by atoms with Gasteiger partial charge in [-0.25, -0.2) is 13.4 Å². The summed E-state index contributed by atoms with van der Waals surface area (Å²) in [4.78, 5) is 24.3. The number of hydrogen-bond acceptors (Lipinski definition) is 6. The number of piperazine rings is 1. The van der Waals surface area contributed by atoms with Gasteiger partial charge >= 0.3 is 0 Å². The average molecular weight is 395 g/mol. The van der Waals surface area contributed by atoms with Crippen molar-refractivity contribution in [1.29, 1.82) is 0 Å². The molecule has 1 unspecified atom stereocenters. The van der Waals surface area contributed by atoms with Gasteiger partial charge in [0.1, 0.15) is 0 Å². The van der Waals surface area contributed by atoms with Gasteiger partial charge in [-0.2, -0.15) is 0 Å². The van der Waals surface area contributed by atoms with Gasteiger partial charge in [-0.05, 0) is 18.6 Å². The van der Waals surface area contributed by atoms with Crippen molar-refractivity contribution in [2.75, 3.05) is 43.4 Å². The van der Waals surface area contributed by atoms with Crippen LogP contribution in [0.5, 0.6) is 0 Å². The summed E-state index contributed by atoms with van der Waals surface area (Å²) in [5, 5.41) is 0.759. The number of para-hydroxylation sites is 2. The van der Waals surface area contributed by atoms with E-state index in [4.69, 9.17) is 0 Å². The smallest absolute Gasteiger partial charge is 0.233 e. The minimum absolute atomic E-state index is 0.106. The maximum atomic E-state index is 12.5. The SMILES string of the molecule is O=C(CSc1nc2ccccc2[nH]1)N1CCN(C2CCS(=O)(=O)C2)CC1. The van der Waals surface area contributed by atoms with E-state index >= 15 is 0 Å². The van der Waals surface area contributed by atoms with Gasteiger partial charge in [0.15, 0.2) is 15.0 Å². The summed E-state index contributed by atoms with van der Waals surface area (Å²) in [7, 11) is -2.86. The lowest BCUT2D eigenvalue weighted by atomic mass is 10.2. The Morgan fingerprint density at radius 3 is 2.69 bits per heavy atom. The zero-order chi connectivity index (χ0) is 18.1. The fraction of sp³-hybridized carbons (Fsp3) is 0.529. The third-order valence-corrected chi connectivity index (χ3v) is 7.70. The molecule has 3 heterocycles. The molecule has 1 aromatic heterocycles. The number of sulfone groups is 1. The summed E-state index contributed by atoms with van der Waals surface area (Å²) in [6.07, 6.45) is 0.720. The van der Waals surface area contributed by atoms with E-state index < -0.39 is 9.84 Å². The van der Waals surface area contributed by atoms with E-state index in [2.05, 4.69) is 14.9 Å². The summed E-state index contributed by atoms with van der Waals surface area (Å²) in [6.45, 7) is 2.83. The van der Waals surface area contributed by atoms with Crippen molar-refractivity contribution < 1.29 is 13.2 Å². The minimum Gasteiger partial charge on any atom is -0.339 e. The Morgan fingerprint density at radius 1 is 1.23 bits per heavy atom. The van der Waals surface area contributed by atoms with Gasteiger partial charge in [-0.3, -0.25) is 9.69 Å². The number of nitrogens with one attached hydrogen (secondary N) is 1. The molecule has 1 aromatic carbocycles. The van der Waals surface area contributed by atoms with E-state index in [0.29, 0.717) is 24.6 Å². The van der Waals surface area contributed by atoms with Gasteiger partial charge in [0.25, 0.3) is 0 Å². The van der Waals surface area contributed by atoms with Gasteiger partial charge in [-0.15, -0.1) is 0 Å². The van der Waals surface area contributed by atoms with Crippen LogP contribution in [0.1, 0.15) is 6.42 Å². The number of imidazole rings is 1. The van der Waals surface area contributed by atoms with Crippen LogP contribution in [-0.4, -0.2) is 83.6 Å². The van der Waals surface area contributed by atoms with Crippen molar-refractivity contribution in [2.45, 2.75) is 17.6 Å². The molecule has 0 spiro atoms. The first-order valence-electron chi connectivity index (χ1n) is 8.80. The lowest BCUT2D eigenvalue weighted by Gasteiger charge is -2.37. The zero-order valence-electron chi connectivity index (χ0n) is 14.4. The maximum absolute atomic E-state index is 12.5. The minimum atomic E-state index is -2.86. The Kier molecular flexibility index (Phi) is 4.94. The third kappa shape index (κ3) is 3.89. The van der Waals surface area contributed by atoms with Gasteiger partial charge in [0.2, 0.25) is 5.91 Å². The van der Waals surface area contributed by atoms with Crippen LogP contribution in [0.4, 0.5) is 0 Å². The van der Waals surface area contributed by atoms with E-state index in [9.17, 15) is 13.2 Å². The standard InChI is InChI=1S/C17H22N4O3S2/c22-16(11-25-17-18-14-3-1-2-4-15(14)19-17)21-8-6-20(7-9-21)13-5-10-26(23,24)12-13/h1-4,13H,5-12H2,(H,18,19). The number of thioether (sulfide) groups is 1. The number of carbonyl (C=O) groups is 1. The van der Waals surface area contributed by atoms with Crippen molar-refractivity contribution in [3.8, 4) is 0 Å². The van der Waals surface area contributed by atoms with E-state index in [1.165, 1.54) is 11.8 Å². The van der Waals surface area contributed by atoms with Gasteiger partial charge in [-0.1, -0.05) is 23.9 Å². The Labute approximate surface area is 157 Å². The molecule has 140 valence electrons. The lowest BCUT2D eigenvalue weighted by Crippen LogP contribution is -2.52. The van der Waals surface area contributed by atoms with Crippen LogP contribution in [0.3, 0.4) is 0 Å². The highest BCUT2D eigenvalue weighted by Gasteiger charge is 2.34. The number of carbonyl (C=O) groups excluding carboxylic acids is 1. The highest BCUT2D eigenvalue weighted by Crippen LogP contribution is 2.21. The molecule has 9 heteroatoms. The second-order valence-electron chi connectivity index (χ2n) is 6.82. The number of rotatable bonds is 4. The highest BCUT2D eigenvalue weighted by atomic mass is 32.2.